The normalized spacial score (nSPS) is 12.7. The van der Waals surface area contributed by atoms with Crippen molar-refractivity contribution in [3.63, 3.8) is 0 Å². The van der Waals surface area contributed by atoms with Crippen molar-refractivity contribution in [2.24, 2.45) is 0 Å². The molecule has 0 saturated heterocycles. The van der Waals surface area contributed by atoms with Crippen molar-refractivity contribution in [1.29, 1.82) is 0 Å². The number of nitrogens with zero attached hydrogens (tertiary/aromatic N) is 1. The van der Waals surface area contributed by atoms with Crippen LogP contribution in [0.1, 0.15) is 125 Å². The molecule has 1 atom stereocenters. The van der Waals surface area contributed by atoms with E-state index in [0.29, 0.717) is 37.1 Å². The van der Waals surface area contributed by atoms with Gasteiger partial charge in [0, 0.05) is 30.2 Å². The summed E-state index contributed by atoms with van der Waals surface area (Å²) in [6, 6.07) is 37.0. The number of carbonyl (C=O) groups is 3. The van der Waals surface area contributed by atoms with Crippen molar-refractivity contribution >= 4 is 23.4 Å². The fraction of sp³-hybridized carbons (Fsp3) is 0.360. The number of aromatic nitrogens is 1. The molecule has 0 aliphatic heterocycles. The lowest BCUT2D eigenvalue weighted by Gasteiger charge is -2.36. The van der Waals surface area contributed by atoms with E-state index in [1.54, 1.807) is 48.8 Å². The summed E-state index contributed by atoms with van der Waals surface area (Å²) in [4.78, 5) is 45.9. The van der Waals surface area contributed by atoms with Gasteiger partial charge in [-0.2, -0.15) is 0 Å². The first-order valence-electron chi connectivity index (χ1n) is 20.1. The molecule has 7 nitrogen and oxygen atoms in total. The highest BCUT2D eigenvalue weighted by atomic mass is 16.2. The summed E-state index contributed by atoms with van der Waals surface area (Å²) in [6.45, 7) is 20.1. The van der Waals surface area contributed by atoms with Gasteiger partial charge in [0.1, 0.15) is 11.5 Å². The van der Waals surface area contributed by atoms with Crippen LogP contribution in [-0.2, 0) is 31.2 Å². The van der Waals surface area contributed by atoms with Crippen LogP contribution < -0.4 is 16.0 Å². The SMILES string of the molecule is CC(C)(C)c1ccc(C(C(=O)NCCCC[C@H](NC(=O)c2ccccc2)C(=O)Nc2ccncc2)(c2ccc(C(C)(C)C)cc2)c2ccc(C(C)(C)C)cc2)cc1. The van der Waals surface area contributed by atoms with E-state index in [1.807, 2.05) is 6.07 Å². The molecular weight excluding hydrogens is 705 g/mol. The van der Waals surface area contributed by atoms with Crippen LogP contribution in [0, 0.1) is 0 Å². The third kappa shape index (κ3) is 10.4. The Balaban J connectivity index is 1.45. The number of anilines is 1. The van der Waals surface area contributed by atoms with E-state index in [1.165, 1.54) is 16.7 Å². The van der Waals surface area contributed by atoms with Gasteiger partial charge in [-0.3, -0.25) is 19.4 Å². The molecule has 1 aromatic heterocycles. The number of nitrogens with one attached hydrogen (secondary N) is 3. The van der Waals surface area contributed by atoms with E-state index in [-0.39, 0.29) is 34.0 Å². The molecule has 0 aliphatic rings. The molecule has 7 heteroatoms. The van der Waals surface area contributed by atoms with Gasteiger partial charge in [0.15, 0.2) is 0 Å². The molecular formula is C50H60N4O3. The lowest BCUT2D eigenvalue weighted by molar-refractivity contribution is -0.124. The summed E-state index contributed by atoms with van der Waals surface area (Å²) in [5.41, 5.74) is 5.98. The monoisotopic (exact) mass is 764 g/mol. The molecule has 0 radical (unpaired) electrons. The second kappa shape index (κ2) is 17.7. The predicted molar refractivity (Wildman–Crippen MR) is 233 cm³/mol. The first-order valence-corrected chi connectivity index (χ1v) is 20.1. The van der Waals surface area contributed by atoms with Gasteiger partial charge >= 0.3 is 0 Å². The molecule has 0 aliphatic carbocycles. The minimum atomic E-state index is -1.15. The van der Waals surface area contributed by atoms with E-state index in [4.69, 9.17) is 0 Å². The molecule has 57 heavy (non-hydrogen) atoms. The Morgan fingerprint density at radius 2 is 0.965 bits per heavy atom. The molecule has 3 amide bonds. The topological polar surface area (TPSA) is 100 Å². The summed E-state index contributed by atoms with van der Waals surface area (Å²) in [5.74, 6) is -0.761. The second-order valence-electron chi connectivity index (χ2n) is 18.1. The average Bonchev–Trinajstić information content (AvgIpc) is 3.18. The van der Waals surface area contributed by atoms with Gasteiger partial charge in [-0.15, -0.1) is 0 Å². The van der Waals surface area contributed by atoms with Crippen LogP contribution in [0.5, 0.6) is 0 Å². The van der Waals surface area contributed by atoms with Crippen molar-refractivity contribution in [2.45, 2.75) is 109 Å². The van der Waals surface area contributed by atoms with Gasteiger partial charge in [-0.05, 0) is 93.2 Å². The molecule has 0 saturated carbocycles. The summed E-state index contributed by atoms with van der Waals surface area (Å²) < 4.78 is 0. The summed E-state index contributed by atoms with van der Waals surface area (Å²) in [6.07, 6.45) is 4.77. The maximum Gasteiger partial charge on any atom is 0.251 e. The number of rotatable bonds is 13. The number of unbranched alkanes of at least 4 members (excludes halogenated alkanes) is 1. The van der Waals surface area contributed by atoms with E-state index in [9.17, 15) is 9.59 Å². The van der Waals surface area contributed by atoms with Crippen LogP contribution in [-0.4, -0.2) is 35.3 Å². The fourth-order valence-electron chi connectivity index (χ4n) is 7.13. The van der Waals surface area contributed by atoms with Crippen molar-refractivity contribution in [3.8, 4) is 0 Å². The maximum absolute atomic E-state index is 15.2. The second-order valence-corrected chi connectivity index (χ2v) is 18.1. The van der Waals surface area contributed by atoms with Gasteiger partial charge in [-0.1, -0.05) is 153 Å². The van der Waals surface area contributed by atoms with Gasteiger partial charge in [0.25, 0.3) is 5.91 Å². The Labute approximate surface area is 340 Å². The molecule has 5 aromatic rings. The van der Waals surface area contributed by atoms with E-state index in [2.05, 4.69) is 156 Å². The largest absolute Gasteiger partial charge is 0.355 e. The Hall–Kier alpha value is -5.56. The molecule has 0 fully saturated rings. The molecule has 5 rings (SSSR count). The van der Waals surface area contributed by atoms with Crippen molar-refractivity contribution in [3.05, 3.63) is 167 Å². The van der Waals surface area contributed by atoms with Gasteiger partial charge < -0.3 is 16.0 Å². The zero-order valence-electron chi connectivity index (χ0n) is 35.2. The van der Waals surface area contributed by atoms with Gasteiger partial charge in [0.05, 0.1) is 0 Å². The summed E-state index contributed by atoms with van der Waals surface area (Å²) in [5, 5.41) is 9.17. The quantitative estimate of drug-likeness (QED) is 0.0821. The van der Waals surface area contributed by atoms with E-state index in [0.717, 1.165) is 16.7 Å². The third-order valence-electron chi connectivity index (χ3n) is 10.7. The Morgan fingerprint density at radius 3 is 1.39 bits per heavy atom. The number of amides is 3. The van der Waals surface area contributed by atoms with Crippen molar-refractivity contribution < 1.29 is 14.4 Å². The number of hydrogen-bond acceptors (Lipinski definition) is 4. The van der Waals surface area contributed by atoms with Crippen LogP contribution in [0.3, 0.4) is 0 Å². The highest BCUT2D eigenvalue weighted by Crippen LogP contribution is 2.42. The molecule has 0 unspecified atom stereocenters. The smallest absolute Gasteiger partial charge is 0.251 e. The third-order valence-corrected chi connectivity index (χ3v) is 10.7. The molecule has 298 valence electrons. The number of pyridine rings is 1. The highest BCUT2D eigenvalue weighted by Gasteiger charge is 2.44. The highest BCUT2D eigenvalue weighted by molar-refractivity contribution is 6.01. The first-order chi connectivity index (χ1) is 26.9. The van der Waals surface area contributed by atoms with Crippen LogP contribution in [0.4, 0.5) is 5.69 Å². The predicted octanol–water partition coefficient (Wildman–Crippen LogP) is 10.0. The first kappa shape index (κ1) is 42.6. The van der Waals surface area contributed by atoms with Crippen molar-refractivity contribution in [1.82, 2.24) is 15.6 Å². The molecule has 0 bridgehead atoms. The summed E-state index contributed by atoms with van der Waals surface area (Å²) in [7, 11) is 0. The lowest BCUT2D eigenvalue weighted by atomic mass is 9.67. The van der Waals surface area contributed by atoms with Crippen molar-refractivity contribution in [2.75, 3.05) is 11.9 Å². The Kier molecular flexibility index (Phi) is 13.2. The zero-order valence-corrected chi connectivity index (χ0v) is 35.2. The molecule has 1 heterocycles. The standard InChI is InChI=1S/C50H60N4O3/c1-47(2,3)36-18-24-39(25-19-36)50(40-26-20-37(21-27-40)48(4,5)6,41-28-22-38(23-29-41)49(7,8)9)46(57)52-32-14-13-17-43(45(56)53-42-30-33-51-34-31-42)54-44(55)35-15-11-10-12-16-35/h10-12,15-16,18-31,33-34,43H,13-14,17,32H2,1-9H3,(H,52,57)(H,54,55)(H,51,53,56)/t43-/m0/s1. The molecule has 3 N–H and O–H groups in total. The fourth-order valence-corrected chi connectivity index (χ4v) is 7.13. The molecule has 4 aromatic carbocycles. The minimum Gasteiger partial charge on any atom is -0.355 e. The maximum atomic E-state index is 15.2. The van der Waals surface area contributed by atoms with Crippen LogP contribution in [0.2, 0.25) is 0 Å². The Bertz CT molecular complexity index is 1950. The molecule has 0 spiro atoms. The van der Waals surface area contributed by atoms with E-state index < -0.39 is 11.5 Å². The number of hydrogen-bond donors (Lipinski definition) is 3. The van der Waals surface area contributed by atoms with Gasteiger partial charge in [-0.25, -0.2) is 0 Å². The summed E-state index contributed by atoms with van der Waals surface area (Å²) >= 11 is 0. The zero-order chi connectivity index (χ0) is 41.4. The van der Waals surface area contributed by atoms with Crippen LogP contribution in [0.15, 0.2) is 128 Å². The van der Waals surface area contributed by atoms with Crippen LogP contribution >= 0.6 is 0 Å². The lowest BCUT2D eigenvalue weighted by Crippen LogP contribution is -2.47. The number of benzene rings is 4. The van der Waals surface area contributed by atoms with E-state index >= 15 is 4.79 Å². The average molecular weight is 765 g/mol. The minimum absolute atomic E-state index is 0.0558. The number of carbonyl (C=O) groups excluding carboxylic acids is 3. The van der Waals surface area contributed by atoms with Gasteiger partial charge in [0.2, 0.25) is 11.8 Å². The Morgan fingerprint density at radius 1 is 0.544 bits per heavy atom. The van der Waals surface area contributed by atoms with Crippen LogP contribution in [0.25, 0.3) is 0 Å².